The normalized spacial score (nSPS) is 24.6. The number of rotatable bonds is 25. The van der Waals surface area contributed by atoms with Gasteiger partial charge in [0.2, 0.25) is 47.3 Å². The van der Waals surface area contributed by atoms with Gasteiger partial charge in [-0.05, 0) is 74.0 Å². The highest BCUT2D eigenvalue weighted by Gasteiger charge is 2.38. The number of nitrogens with one attached hydrogen (secondary N) is 7. The number of ether oxygens (including phenoxy) is 1. The number of carbonyl (C=O) groups is 10. The van der Waals surface area contributed by atoms with Crippen LogP contribution in [0.5, 0.6) is 0 Å². The van der Waals surface area contributed by atoms with E-state index >= 15 is 0 Å². The van der Waals surface area contributed by atoms with Crippen molar-refractivity contribution in [3.05, 3.63) is 0 Å². The van der Waals surface area contributed by atoms with Crippen molar-refractivity contribution in [3.63, 3.8) is 0 Å². The molecule has 0 aromatic carbocycles. The minimum atomic E-state index is -1.72. The van der Waals surface area contributed by atoms with Gasteiger partial charge >= 0.3 is 11.9 Å². The predicted molar refractivity (Wildman–Crippen MR) is 282 cm³/mol. The summed E-state index contributed by atoms with van der Waals surface area (Å²) in [4.78, 5) is 138. The van der Waals surface area contributed by atoms with Crippen molar-refractivity contribution in [2.75, 3.05) is 0 Å². The average Bonchev–Trinajstić information content (AvgIpc) is 3.30. The zero-order valence-electron chi connectivity index (χ0n) is 46.8. The Labute approximate surface area is 441 Å². The fourth-order valence-electron chi connectivity index (χ4n) is 8.71. The van der Waals surface area contributed by atoms with Gasteiger partial charge in [-0.25, -0.2) is 4.79 Å². The van der Waals surface area contributed by atoms with Crippen LogP contribution < -0.4 is 43.0 Å². The number of unbranched alkanes of at least 4 members (excludes halogenated alkanes) is 6. The van der Waals surface area contributed by atoms with Gasteiger partial charge in [-0.3, -0.25) is 43.2 Å². The predicted octanol–water partition coefficient (Wildman–Crippen LogP) is 4.83. The number of aliphatic carboxylic acids is 1. The molecule has 10 atom stereocenters. The molecular formula is C54H96N8O12. The molecule has 0 unspecified atom stereocenters. The van der Waals surface area contributed by atoms with Crippen molar-refractivity contribution in [1.82, 2.24) is 37.2 Å². The number of primary amides is 1. The van der Waals surface area contributed by atoms with Crippen molar-refractivity contribution in [2.45, 2.75) is 247 Å². The summed E-state index contributed by atoms with van der Waals surface area (Å²) in [6.45, 7) is 22.3. The Hall–Kier alpha value is -5.30. The molecule has 20 heteroatoms. The number of carboxylic acids is 1. The molecule has 1 aliphatic rings. The van der Waals surface area contributed by atoms with Gasteiger partial charge in [0.1, 0.15) is 48.4 Å². The Morgan fingerprint density at radius 1 is 0.514 bits per heavy atom. The monoisotopic (exact) mass is 1050 g/mol. The molecule has 20 nitrogen and oxygen atoms in total. The number of amides is 8. The Bertz CT molecular complexity index is 1830. The Morgan fingerprint density at radius 2 is 0.919 bits per heavy atom. The second-order valence-corrected chi connectivity index (χ2v) is 22.3. The number of hydrogen-bond acceptors (Lipinski definition) is 11. The summed E-state index contributed by atoms with van der Waals surface area (Å²) < 4.78 is 6.09. The second kappa shape index (κ2) is 35.0. The van der Waals surface area contributed by atoms with Gasteiger partial charge in [0.25, 0.3) is 0 Å². The van der Waals surface area contributed by atoms with Crippen molar-refractivity contribution in [3.8, 4) is 0 Å². The van der Waals surface area contributed by atoms with E-state index in [2.05, 4.69) is 51.1 Å². The summed E-state index contributed by atoms with van der Waals surface area (Å²) in [5.74, 6) is -9.66. The highest BCUT2D eigenvalue weighted by molar-refractivity contribution is 5.98. The maximum Gasteiger partial charge on any atom is 0.329 e. The first-order chi connectivity index (χ1) is 34.7. The Balaban J connectivity index is 4.00. The molecule has 0 bridgehead atoms. The summed E-state index contributed by atoms with van der Waals surface area (Å²) >= 11 is 0. The molecule has 1 aliphatic heterocycles. The maximum atomic E-state index is 14.3. The molecule has 0 aliphatic carbocycles. The molecule has 0 aromatic heterocycles. The van der Waals surface area contributed by atoms with E-state index in [0.29, 0.717) is 25.2 Å². The Kier molecular flexibility index (Phi) is 31.6. The van der Waals surface area contributed by atoms with Crippen molar-refractivity contribution >= 4 is 59.2 Å². The highest BCUT2D eigenvalue weighted by Crippen LogP contribution is 2.20. The van der Waals surface area contributed by atoms with Gasteiger partial charge in [0.15, 0.2) is 0 Å². The van der Waals surface area contributed by atoms with Crippen LogP contribution in [0.25, 0.3) is 0 Å². The molecule has 0 radical (unpaired) electrons. The van der Waals surface area contributed by atoms with Crippen LogP contribution in [0.15, 0.2) is 0 Å². The molecule has 1 heterocycles. The molecule has 0 aromatic rings. The maximum absolute atomic E-state index is 14.3. The third-order valence-corrected chi connectivity index (χ3v) is 13.4. The van der Waals surface area contributed by atoms with Crippen LogP contribution in [-0.4, -0.2) is 113 Å². The van der Waals surface area contributed by atoms with E-state index in [1.807, 2.05) is 34.6 Å². The fraction of sp³-hybridized carbons (Fsp3) is 0.815. The lowest BCUT2D eigenvalue weighted by molar-refractivity contribution is -0.156. The molecule has 10 N–H and O–H groups in total. The van der Waals surface area contributed by atoms with E-state index in [-0.39, 0.29) is 56.3 Å². The molecule has 424 valence electrons. The SMILES string of the molecule is CC[C@H](C)[C@@H]1NC(=O)[C@@H](CC(C)C)NC(=O)[C@H](CC(C)C)NC(=O)[C@H](CCC(N)=O)NC(=O)C[C@@H](CCCCCCCCCC(C)C)OC(=O)[C@H]([C@@H](C)CC)NC(=O)[C@@H](CC(C)C)NC(=O)[C@H](CC(=O)O)NC1=O. The lowest BCUT2D eigenvalue weighted by atomic mass is 9.95. The first-order valence-electron chi connectivity index (χ1n) is 27.5. The van der Waals surface area contributed by atoms with Crippen LogP contribution in [0, 0.1) is 35.5 Å². The summed E-state index contributed by atoms with van der Waals surface area (Å²) in [6, 6.07) is -9.48. The smallest absolute Gasteiger partial charge is 0.329 e. The molecule has 1 fully saturated rings. The zero-order chi connectivity index (χ0) is 56.2. The zero-order valence-corrected chi connectivity index (χ0v) is 46.8. The van der Waals surface area contributed by atoms with Gasteiger partial charge in [-0.1, -0.05) is 141 Å². The number of nitrogens with two attached hydrogens (primary N) is 1. The topological polar surface area (TPSA) is 310 Å². The van der Waals surface area contributed by atoms with Gasteiger partial charge in [0, 0.05) is 6.42 Å². The minimum Gasteiger partial charge on any atom is -0.481 e. The molecular weight excluding hydrogens is 953 g/mol. The number of hydrogen-bond donors (Lipinski definition) is 9. The number of carbonyl (C=O) groups excluding carboxylic acids is 9. The van der Waals surface area contributed by atoms with E-state index in [0.717, 1.165) is 38.5 Å². The summed E-state index contributed by atoms with van der Waals surface area (Å²) in [6.07, 6.45) is 6.23. The lowest BCUT2D eigenvalue weighted by Gasteiger charge is -2.30. The van der Waals surface area contributed by atoms with Crippen molar-refractivity contribution in [1.29, 1.82) is 0 Å². The molecule has 8 amide bonds. The van der Waals surface area contributed by atoms with Crippen LogP contribution in [0.2, 0.25) is 0 Å². The van der Waals surface area contributed by atoms with Crippen molar-refractivity contribution < 1.29 is 57.8 Å². The van der Waals surface area contributed by atoms with E-state index in [1.165, 1.54) is 6.42 Å². The summed E-state index contributed by atoms with van der Waals surface area (Å²) in [5.41, 5.74) is 5.50. The quantitative estimate of drug-likeness (QED) is 0.0439. The summed E-state index contributed by atoms with van der Waals surface area (Å²) in [7, 11) is 0. The number of cyclic esters (lactones) is 1. The van der Waals surface area contributed by atoms with Gasteiger partial charge < -0.3 is 52.8 Å². The van der Waals surface area contributed by atoms with Crippen molar-refractivity contribution in [2.24, 2.45) is 41.2 Å². The van der Waals surface area contributed by atoms with Crippen LogP contribution in [0.3, 0.4) is 0 Å². The molecule has 1 rings (SSSR count). The van der Waals surface area contributed by atoms with Gasteiger partial charge in [0.05, 0.1) is 12.8 Å². The van der Waals surface area contributed by atoms with E-state index in [4.69, 9.17) is 10.5 Å². The first kappa shape index (κ1) is 66.7. The third-order valence-electron chi connectivity index (χ3n) is 13.4. The standard InChI is InChI=1S/C54H96N8O12/c1-13-35(11)46-53(72)60-42(30-45(65)66)50(69)59-41(28-34(9)10)52(71)62-47(36(12)14-2)54(73)74-37(23-21-19-17-15-16-18-20-22-31(3)4)29-44(64)56-38(24-25-43(55)63)48(67)57-39(26-32(5)6)49(68)58-40(27-33(7)8)51(70)61-46/h31-42,46-47H,13-30H2,1-12H3,(H2,55,63)(H,56,64)(H,57,67)(H,58,68)(H,59,69)(H,60,72)(H,61,70)(H,62,71)(H,65,66)/t35-,36-,37+,38-,39-,40+,41+,42-,46-,47-/m0/s1. The second-order valence-electron chi connectivity index (χ2n) is 22.3. The summed E-state index contributed by atoms with van der Waals surface area (Å²) in [5, 5.41) is 28.6. The van der Waals surface area contributed by atoms with Crippen LogP contribution in [-0.2, 0) is 52.7 Å². The highest BCUT2D eigenvalue weighted by atomic mass is 16.5. The average molecular weight is 1050 g/mol. The third kappa shape index (κ3) is 26.8. The van der Waals surface area contributed by atoms with Crippen LogP contribution in [0.1, 0.15) is 199 Å². The van der Waals surface area contributed by atoms with E-state index < -0.39 is 132 Å². The fourth-order valence-corrected chi connectivity index (χ4v) is 8.71. The lowest BCUT2D eigenvalue weighted by Crippen LogP contribution is -2.61. The molecule has 0 saturated carbocycles. The van der Waals surface area contributed by atoms with E-state index in [9.17, 15) is 53.1 Å². The Morgan fingerprint density at radius 3 is 1.36 bits per heavy atom. The number of esters is 1. The molecule has 1 saturated heterocycles. The first-order valence-corrected chi connectivity index (χ1v) is 27.5. The minimum absolute atomic E-state index is 0.0468. The van der Waals surface area contributed by atoms with Gasteiger partial charge in [-0.2, -0.15) is 0 Å². The van der Waals surface area contributed by atoms with Gasteiger partial charge in [-0.15, -0.1) is 0 Å². The molecule has 74 heavy (non-hydrogen) atoms. The van der Waals surface area contributed by atoms with Crippen LogP contribution >= 0.6 is 0 Å². The molecule has 0 spiro atoms. The largest absolute Gasteiger partial charge is 0.481 e. The number of carboxylic acid groups (broad SMARTS) is 1. The van der Waals surface area contributed by atoms with Crippen LogP contribution in [0.4, 0.5) is 0 Å². The van der Waals surface area contributed by atoms with E-state index in [1.54, 1.807) is 34.6 Å².